The third-order valence-corrected chi connectivity index (χ3v) is 4.27. The van der Waals surface area contributed by atoms with Crippen molar-refractivity contribution in [3.8, 4) is 0 Å². The number of hydrogen-bond acceptors (Lipinski definition) is 1. The standard InChI is InChI=1S/C24H16O/c25-24-16-15-20-13-7-8-14-21(20)23(24)17-22(18-9-3-1-4-10-18)19-11-5-2-6-12-19/h1-16H. The van der Waals surface area contributed by atoms with Crippen molar-refractivity contribution in [1.82, 2.24) is 0 Å². The lowest BCUT2D eigenvalue weighted by Crippen LogP contribution is -2.04. The summed E-state index contributed by atoms with van der Waals surface area (Å²) >= 11 is 0. The highest BCUT2D eigenvalue weighted by Gasteiger charge is 2.17. The second-order valence-electron chi connectivity index (χ2n) is 5.89. The monoisotopic (exact) mass is 320 g/mol. The van der Waals surface area contributed by atoms with E-state index in [1.165, 1.54) is 0 Å². The molecule has 0 saturated carbocycles. The lowest BCUT2D eigenvalue weighted by molar-refractivity contribution is -0.109. The van der Waals surface area contributed by atoms with Crippen LogP contribution < -0.4 is 0 Å². The normalized spacial score (nSPS) is 12.5. The molecule has 0 amide bonds. The SMILES string of the molecule is O=C1C=Cc2ccccc2C1=C=C(c1ccccc1)c1ccccc1. The molecular formula is C24H16O. The van der Waals surface area contributed by atoms with Gasteiger partial charge in [0.15, 0.2) is 5.78 Å². The molecule has 0 aliphatic heterocycles. The van der Waals surface area contributed by atoms with Gasteiger partial charge in [-0.05, 0) is 22.8 Å². The van der Waals surface area contributed by atoms with Gasteiger partial charge in [-0.25, -0.2) is 0 Å². The van der Waals surface area contributed by atoms with Crippen LogP contribution in [-0.2, 0) is 4.79 Å². The van der Waals surface area contributed by atoms with E-state index < -0.39 is 0 Å². The maximum Gasteiger partial charge on any atom is 0.194 e. The number of carbonyl (C=O) groups excluding carboxylic acids is 1. The minimum atomic E-state index is -0.0111. The largest absolute Gasteiger partial charge is 0.289 e. The molecular weight excluding hydrogens is 304 g/mol. The van der Waals surface area contributed by atoms with Gasteiger partial charge in [-0.3, -0.25) is 4.79 Å². The number of carbonyl (C=O) groups is 1. The number of rotatable bonds is 2. The lowest BCUT2D eigenvalue weighted by Gasteiger charge is -2.12. The zero-order chi connectivity index (χ0) is 17.1. The Morgan fingerprint density at radius 3 is 1.84 bits per heavy atom. The fraction of sp³-hybridized carbons (Fsp3) is 0. The number of benzene rings is 3. The van der Waals surface area contributed by atoms with Crippen LogP contribution in [0.25, 0.3) is 17.2 Å². The molecule has 0 atom stereocenters. The van der Waals surface area contributed by atoms with Crippen molar-refractivity contribution in [3.05, 3.63) is 119 Å². The third-order valence-electron chi connectivity index (χ3n) is 4.27. The van der Waals surface area contributed by atoms with E-state index in [2.05, 4.69) is 5.73 Å². The van der Waals surface area contributed by atoms with Crippen LogP contribution in [0.4, 0.5) is 0 Å². The van der Waals surface area contributed by atoms with E-state index in [1.54, 1.807) is 6.08 Å². The van der Waals surface area contributed by atoms with Crippen molar-refractivity contribution in [1.29, 1.82) is 0 Å². The maximum absolute atomic E-state index is 12.6. The first-order valence-corrected chi connectivity index (χ1v) is 8.26. The molecule has 0 aromatic heterocycles. The van der Waals surface area contributed by atoms with Crippen LogP contribution in [0, 0.1) is 0 Å². The summed E-state index contributed by atoms with van der Waals surface area (Å²) in [6.07, 6.45) is 3.49. The lowest BCUT2D eigenvalue weighted by atomic mass is 9.90. The Morgan fingerprint density at radius 2 is 1.20 bits per heavy atom. The van der Waals surface area contributed by atoms with Gasteiger partial charge in [0, 0.05) is 11.1 Å². The van der Waals surface area contributed by atoms with Crippen molar-refractivity contribution in [2.75, 3.05) is 0 Å². The highest BCUT2D eigenvalue weighted by Crippen LogP contribution is 2.29. The van der Waals surface area contributed by atoms with E-state index in [-0.39, 0.29) is 5.78 Å². The van der Waals surface area contributed by atoms with Gasteiger partial charge in [-0.1, -0.05) is 96.7 Å². The molecule has 1 aliphatic rings. The molecule has 0 fully saturated rings. The van der Waals surface area contributed by atoms with Gasteiger partial charge in [-0.15, -0.1) is 0 Å². The van der Waals surface area contributed by atoms with Gasteiger partial charge < -0.3 is 0 Å². The van der Waals surface area contributed by atoms with Crippen LogP contribution in [0.2, 0.25) is 0 Å². The first kappa shape index (κ1) is 15.1. The fourth-order valence-corrected chi connectivity index (χ4v) is 3.03. The van der Waals surface area contributed by atoms with Crippen molar-refractivity contribution < 1.29 is 4.79 Å². The van der Waals surface area contributed by atoms with Crippen LogP contribution in [0.15, 0.2) is 96.7 Å². The highest BCUT2D eigenvalue weighted by atomic mass is 16.1. The Hall–Kier alpha value is -3.41. The number of allylic oxidation sites excluding steroid dienone is 2. The van der Waals surface area contributed by atoms with Crippen molar-refractivity contribution in [3.63, 3.8) is 0 Å². The van der Waals surface area contributed by atoms with Crippen LogP contribution in [0.3, 0.4) is 0 Å². The van der Waals surface area contributed by atoms with Gasteiger partial charge in [0.25, 0.3) is 0 Å². The Bertz CT molecular complexity index is 976. The van der Waals surface area contributed by atoms with Gasteiger partial charge in [0.05, 0.1) is 5.57 Å². The highest BCUT2D eigenvalue weighted by molar-refractivity contribution is 6.30. The minimum absolute atomic E-state index is 0.0111. The first-order chi connectivity index (χ1) is 12.3. The summed E-state index contributed by atoms with van der Waals surface area (Å²) in [5, 5.41) is 0. The second-order valence-corrected chi connectivity index (χ2v) is 5.89. The topological polar surface area (TPSA) is 17.1 Å². The van der Waals surface area contributed by atoms with Crippen molar-refractivity contribution in [2.45, 2.75) is 0 Å². The Balaban J connectivity index is 2.03. The fourth-order valence-electron chi connectivity index (χ4n) is 3.03. The first-order valence-electron chi connectivity index (χ1n) is 8.26. The molecule has 3 aromatic carbocycles. The molecule has 0 unspecified atom stereocenters. The smallest absolute Gasteiger partial charge is 0.194 e. The quantitative estimate of drug-likeness (QED) is 0.456. The van der Waals surface area contributed by atoms with Crippen LogP contribution >= 0.6 is 0 Å². The molecule has 0 saturated heterocycles. The molecule has 0 spiro atoms. The molecule has 0 radical (unpaired) electrons. The number of hydrogen-bond donors (Lipinski definition) is 0. The minimum Gasteiger partial charge on any atom is -0.289 e. The molecule has 3 aromatic rings. The predicted octanol–water partition coefficient (Wildman–Crippen LogP) is 5.40. The summed E-state index contributed by atoms with van der Waals surface area (Å²) in [5.41, 5.74) is 9.03. The summed E-state index contributed by atoms with van der Waals surface area (Å²) in [5.74, 6) is -0.0111. The summed E-state index contributed by atoms with van der Waals surface area (Å²) in [7, 11) is 0. The molecule has 1 nitrogen and oxygen atoms in total. The summed E-state index contributed by atoms with van der Waals surface area (Å²) in [6, 6.07) is 28.1. The molecule has 1 heteroatoms. The van der Waals surface area contributed by atoms with Gasteiger partial charge in [0.1, 0.15) is 0 Å². The molecule has 4 rings (SSSR count). The van der Waals surface area contributed by atoms with Gasteiger partial charge in [-0.2, -0.15) is 0 Å². The van der Waals surface area contributed by atoms with E-state index in [9.17, 15) is 4.79 Å². The Kier molecular flexibility index (Phi) is 4.00. The van der Waals surface area contributed by atoms with Crippen LogP contribution in [0.5, 0.6) is 0 Å². The van der Waals surface area contributed by atoms with Crippen LogP contribution in [-0.4, -0.2) is 5.78 Å². The van der Waals surface area contributed by atoms with E-state index in [1.807, 2.05) is 91.0 Å². The molecule has 0 bridgehead atoms. The number of ketones is 1. The van der Waals surface area contributed by atoms with E-state index in [0.717, 1.165) is 27.8 Å². The average molecular weight is 320 g/mol. The van der Waals surface area contributed by atoms with E-state index in [0.29, 0.717) is 5.57 Å². The maximum atomic E-state index is 12.6. The summed E-state index contributed by atoms with van der Waals surface area (Å²) in [4.78, 5) is 12.6. The predicted molar refractivity (Wildman–Crippen MR) is 103 cm³/mol. The molecule has 25 heavy (non-hydrogen) atoms. The molecule has 0 heterocycles. The third kappa shape index (κ3) is 3.01. The number of fused-ring (bicyclic) bond motifs is 1. The average Bonchev–Trinajstić information content (AvgIpc) is 2.69. The zero-order valence-electron chi connectivity index (χ0n) is 13.6. The van der Waals surface area contributed by atoms with Crippen molar-refractivity contribution in [2.24, 2.45) is 0 Å². The van der Waals surface area contributed by atoms with Gasteiger partial charge in [0.2, 0.25) is 0 Å². The zero-order valence-corrected chi connectivity index (χ0v) is 13.6. The Morgan fingerprint density at radius 1 is 0.640 bits per heavy atom. The van der Waals surface area contributed by atoms with Crippen LogP contribution in [0.1, 0.15) is 22.3 Å². The molecule has 118 valence electrons. The van der Waals surface area contributed by atoms with Gasteiger partial charge >= 0.3 is 0 Å². The molecule has 0 N–H and O–H groups in total. The molecule has 1 aliphatic carbocycles. The van der Waals surface area contributed by atoms with E-state index >= 15 is 0 Å². The Labute approximate surface area is 147 Å². The summed E-state index contributed by atoms with van der Waals surface area (Å²) in [6.45, 7) is 0. The summed E-state index contributed by atoms with van der Waals surface area (Å²) < 4.78 is 0. The second kappa shape index (κ2) is 6.60. The van der Waals surface area contributed by atoms with E-state index in [4.69, 9.17) is 0 Å². The van der Waals surface area contributed by atoms with Crippen molar-refractivity contribution >= 4 is 23.0 Å².